The van der Waals surface area contributed by atoms with Crippen LogP contribution in [-0.4, -0.2) is 39.8 Å². The molecule has 4 fully saturated rings. The van der Waals surface area contributed by atoms with Crippen molar-refractivity contribution in [3.8, 4) is 0 Å². The molecular formula is C26H33FN4O4. The largest absolute Gasteiger partial charge is 0.444 e. The summed E-state index contributed by atoms with van der Waals surface area (Å²) in [5, 5.41) is 10.4. The quantitative estimate of drug-likeness (QED) is 0.584. The molecule has 1 aromatic carbocycles. The summed E-state index contributed by atoms with van der Waals surface area (Å²) in [6.07, 6.45) is 0.387. The van der Waals surface area contributed by atoms with Gasteiger partial charge >= 0.3 is 12.2 Å². The smallest absolute Gasteiger partial charge is 0.413 e. The molecule has 0 radical (unpaired) electrons. The van der Waals surface area contributed by atoms with Crippen LogP contribution in [0.25, 0.3) is 0 Å². The molecule has 2 N–H and O–H groups in total. The van der Waals surface area contributed by atoms with Crippen LogP contribution in [0.1, 0.15) is 70.1 Å². The number of benzene rings is 1. The van der Waals surface area contributed by atoms with Gasteiger partial charge in [0.25, 0.3) is 0 Å². The lowest BCUT2D eigenvalue weighted by molar-refractivity contribution is -0.0530. The molecule has 4 aliphatic carbocycles. The van der Waals surface area contributed by atoms with E-state index < -0.39 is 30.0 Å². The minimum absolute atomic E-state index is 0.104. The van der Waals surface area contributed by atoms with Gasteiger partial charge in [-0.2, -0.15) is 5.10 Å². The van der Waals surface area contributed by atoms with E-state index in [0.717, 1.165) is 30.7 Å². The summed E-state index contributed by atoms with van der Waals surface area (Å²) >= 11 is 0. The zero-order chi connectivity index (χ0) is 24.8. The molecule has 9 heteroatoms. The highest BCUT2D eigenvalue weighted by atomic mass is 19.1. The second-order valence-corrected chi connectivity index (χ2v) is 11.2. The topological polar surface area (TPSA) is 94.5 Å². The second kappa shape index (κ2) is 8.84. The Hall–Kier alpha value is -3.10. The summed E-state index contributed by atoms with van der Waals surface area (Å²) in [5.41, 5.74) is 1.02. The van der Waals surface area contributed by atoms with E-state index in [1.54, 1.807) is 10.7 Å². The van der Waals surface area contributed by atoms with Gasteiger partial charge in [0.15, 0.2) is 0 Å². The van der Waals surface area contributed by atoms with E-state index in [-0.39, 0.29) is 24.5 Å². The highest BCUT2D eigenvalue weighted by molar-refractivity contribution is 5.83. The van der Waals surface area contributed by atoms with Gasteiger partial charge in [-0.1, -0.05) is 30.3 Å². The summed E-state index contributed by atoms with van der Waals surface area (Å²) in [4.78, 5) is 24.8. The molecule has 1 aromatic heterocycles. The van der Waals surface area contributed by atoms with Gasteiger partial charge in [-0.15, -0.1) is 0 Å². The molecule has 3 atom stereocenters. The summed E-state index contributed by atoms with van der Waals surface area (Å²) in [6, 6.07) is 11.2. The molecule has 8 nitrogen and oxygen atoms in total. The Bertz CT molecular complexity index is 1080. The van der Waals surface area contributed by atoms with Crippen LogP contribution < -0.4 is 10.6 Å². The highest BCUT2D eigenvalue weighted by Gasteiger charge is 2.58. The van der Waals surface area contributed by atoms with Crippen molar-refractivity contribution in [3.05, 3.63) is 47.7 Å². The molecule has 188 valence electrons. The van der Waals surface area contributed by atoms with Crippen molar-refractivity contribution in [2.75, 3.05) is 5.32 Å². The molecule has 0 unspecified atom stereocenters. The number of anilines is 1. The van der Waals surface area contributed by atoms with Gasteiger partial charge in [0.2, 0.25) is 0 Å². The maximum atomic E-state index is 14.8. The first-order chi connectivity index (χ1) is 16.6. The third-order valence-corrected chi connectivity index (χ3v) is 7.32. The predicted molar refractivity (Wildman–Crippen MR) is 128 cm³/mol. The first kappa shape index (κ1) is 23.6. The van der Waals surface area contributed by atoms with Gasteiger partial charge in [-0.05, 0) is 64.4 Å². The third kappa shape index (κ3) is 4.99. The van der Waals surface area contributed by atoms with E-state index in [4.69, 9.17) is 14.6 Å². The normalized spacial score (nSPS) is 29.0. The van der Waals surface area contributed by atoms with Gasteiger partial charge in [-0.25, -0.2) is 18.7 Å². The van der Waals surface area contributed by atoms with Crippen LogP contribution in [0.4, 0.5) is 19.8 Å². The van der Waals surface area contributed by atoms with Gasteiger partial charge in [-0.3, -0.25) is 5.32 Å². The molecule has 4 saturated carbocycles. The number of hydrogen-bond donors (Lipinski definition) is 2. The second-order valence-electron chi connectivity index (χ2n) is 11.2. The Morgan fingerprint density at radius 3 is 2.49 bits per heavy atom. The Labute approximate surface area is 204 Å². The van der Waals surface area contributed by atoms with E-state index in [2.05, 4.69) is 10.6 Å². The monoisotopic (exact) mass is 484 g/mol. The standard InChI is InChI=1S/C26H33FN4O4/c1-25(2,3)31-22(28-23(32)34-15-16-7-5-4-6-8-16)11-20(30-31)18-9-19(27)21(10-18)35-24(33)29-26-12-17(13-26)14-26/h4-8,11,17-19,21H,9-10,12-15H2,1-3H3,(H,28,32)(H,29,33)/t17?,18-,19-,21-,26?/m0/s1. The van der Waals surface area contributed by atoms with Crippen molar-refractivity contribution in [1.82, 2.24) is 15.1 Å². The third-order valence-electron chi connectivity index (χ3n) is 7.32. The molecule has 0 aliphatic heterocycles. The molecule has 2 amide bonds. The van der Waals surface area contributed by atoms with Gasteiger partial charge in [0.1, 0.15) is 24.7 Å². The van der Waals surface area contributed by atoms with Crippen LogP contribution in [0.15, 0.2) is 36.4 Å². The van der Waals surface area contributed by atoms with Crippen LogP contribution in [0.2, 0.25) is 0 Å². The minimum atomic E-state index is -1.26. The van der Waals surface area contributed by atoms with E-state index in [1.807, 2.05) is 51.1 Å². The molecule has 0 spiro atoms. The fraction of sp³-hybridized carbons (Fsp3) is 0.577. The number of ether oxygens (including phenoxy) is 2. The van der Waals surface area contributed by atoms with Crippen molar-refractivity contribution in [3.63, 3.8) is 0 Å². The zero-order valence-electron chi connectivity index (χ0n) is 20.4. The maximum absolute atomic E-state index is 14.8. The summed E-state index contributed by atoms with van der Waals surface area (Å²) < 4.78 is 27.3. The minimum Gasteiger partial charge on any atom is -0.444 e. The number of alkyl halides is 1. The lowest BCUT2D eigenvalue weighted by atomic mass is 9.50. The van der Waals surface area contributed by atoms with Gasteiger partial charge < -0.3 is 14.8 Å². The number of alkyl carbamates (subject to hydrolysis) is 1. The first-order valence-corrected chi connectivity index (χ1v) is 12.3. The number of carbonyl (C=O) groups excluding carboxylic acids is 2. The van der Waals surface area contributed by atoms with Crippen LogP contribution in [-0.2, 0) is 21.6 Å². The van der Waals surface area contributed by atoms with Crippen molar-refractivity contribution < 1.29 is 23.5 Å². The molecule has 2 aromatic rings. The molecular weight excluding hydrogens is 451 g/mol. The number of amides is 2. The lowest BCUT2D eigenvalue weighted by Gasteiger charge is -2.61. The number of aromatic nitrogens is 2. The van der Waals surface area contributed by atoms with Crippen LogP contribution >= 0.6 is 0 Å². The summed E-state index contributed by atoms with van der Waals surface area (Å²) in [6.45, 7) is 6.06. The maximum Gasteiger partial charge on any atom is 0.413 e. The summed E-state index contributed by atoms with van der Waals surface area (Å²) in [7, 11) is 0. The number of hydrogen-bond acceptors (Lipinski definition) is 5. The Balaban J connectivity index is 1.22. The van der Waals surface area contributed by atoms with Crippen LogP contribution in [0.5, 0.6) is 0 Å². The van der Waals surface area contributed by atoms with Crippen molar-refractivity contribution in [2.24, 2.45) is 5.92 Å². The van der Waals surface area contributed by atoms with Crippen molar-refractivity contribution in [1.29, 1.82) is 0 Å². The SMILES string of the molecule is CC(C)(C)n1nc([C@@H]2C[C@H](OC(=O)NC34CC(C3)C4)[C@@H](F)C2)cc1NC(=O)OCc1ccccc1. The Kier molecular flexibility index (Phi) is 5.97. The van der Waals surface area contributed by atoms with E-state index in [1.165, 1.54) is 0 Å². The van der Waals surface area contributed by atoms with Gasteiger partial charge in [0, 0.05) is 17.5 Å². The lowest BCUT2D eigenvalue weighted by Crippen LogP contribution is -2.68. The Morgan fingerprint density at radius 2 is 1.86 bits per heavy atom. The Morgan fingerprint density at radius 1 is 1.14 bits per heavy atom. The number of nitrogens with zero attached hydrogens (tertiary/aromatic N) is 2. The number of rotatable bonds is 6. The average molecular weight is 485 g/mol. The van der Waals surface area contributed by atoms with Gasteiger partial charge in [0.05, 0.1) is 11.2 Å². The first-order valence-electron chi connectivity index (χ1n) is 12.3. The van der Waals surface area contributed by atoms with E-state index >= 15 is 0 Å². The molecule has 2 bridgehead atoms. The van der Waals surface area contributed by atoms with Crippen LogP contribution in [0.3, 0.4) is 0 Å². The number of halogens is 1. The fourth-order valence-electron chi connectivity index (χ4n) is 5.39. The zero-order valence-corrected chi connectivity index (χ0v) is 20.4. The molecule has 4 aliphatic rings. The predicted octanol–water partition coefficient (Wildman–Crippen LogP) is 5.25. The molecule has 1 heterocycles. The van der Waals surface area contributed by atoms with Crippen molar-refractivity contribution in [2.45, 2.75) is 88.8 Å². The number of nitrogens with one attached hydrogen (secondary N) is 2. The van der Waals surface area contributed by atoms with E-state index in [9.17, 15) is 14.0 Å². The van der Waals surface area contributed by atoms with Crippen molar-refractivity contribution >= 4 is 18.0 Å². The average Bonchev–Trinajstić information content (AvgIpc) is 3.33. The fourth-order valence-corrected chi connectivity index (χ4v) is 5.39. The van der Waals surface area contributed by atoms with Crippen LogP contribution in [0, 0.1) is 5.92 Å². The molecule has 35 heavy (non-hydrogen) atoms. The van der Waals surface area contributed by atoms with E-state index in [0.29, 0.717) is 17.9 Å². The summed E-state index contributed by atoms with van der Waals surface area (Å²) in [5.74, 6) is 0.991. The molecule has 0 saturated heterocycles. The molecule has 6 rings (SSSR count). The number of carbonyl (C=O) groups is 2. The highest BCUT2D eigenvalue weighted by Crippen LogP contribution is 2.57.